The van der Waals surface area contributed by atoms with E-state index in [0.29, 0.717) is 23.8 Å². The highest BCUT2D eigenvalue weighted by molar-refractivity contribution is 7.08. The van der Waals surface area contributed by atoms with Crippen molar-refractivity contribution < 1.29 is 4.79 Å². The van der Waals surface area contributed by atoms with Gasteiger partial charge in [0.2, 0.25) is 0 Å². The van der Waals surface area contributed by atoms with Crippen LogP contribution in [0.3, 0.4) is 0 Å². The topological polar surface area (TPSA) is 80.9 Å². The molecule has 5 nitrogen and oxygen atoms in total. The normalized spacial score (nSPS) is 12.4. The van der Waals surface area contributed by atoms with E-state index in [4.69, 9.17) is 5.73 Å². The van der Waals surface area contributed by atoms with Gasteiger partial charge in [-0.05, 0) is 35.0 Å². The Hall–Kier alpha value is -1.79. The molecule has 1 aromatic carbocycles. The van der Waals surface area contributed by atoms with Crippen LogP contribution in [0.15, 0.2) is 24.3 Å². The van der Waals surface area contributed by atoms with Gasteiger partial charge in [-0.2, -0.15) is 0 Å². The highest BCUT2D eigenvalue weighted by Crippen LogP contribution is 2.17. The van der Waals surface area contributed by atoms with Crippen LogP contribution in [0.25, 0.3) is 0 Å². The third-order valence-electron chi connectivity index (χ3n) is 3.61. The summed E-state index contributed by atoms with van der Waals surface area (Å²) in [7, 11) is 0. The van der Waals surface area contributed by atoms with Crippen LogP contribution in [0.5, 0.6) is 0 Å². The van der Waals surface area contributed by atoms with Gasteiger partial charge in [-0.25, -0.2) is 0 Å². The summed E-state index contributed by atoms with van der Waals surface area (Å²) in [4.78, 5) is 12.7. The maximum Gasteiger partial charge on any atom is 0.265 e. The summed E-state index contributed by atoms with van der Waals surface area (Å²) in [5.41, 5.74) is 9.18. The summed E-state index contributed by atoms with van der Waals surface area (Å²) >= 11 is 1.12. The second-order valence-electron chi connectivity index (χ2n) is 5.54. The quantitative estimate of drug-likeness (QED) is 0.858. The second-order valence-corrected chi connectivity index (χ2v) is 6.29. The average molecular weight is 318 g/mol. The predicted octanol–water partition coefficient (Wildman–Crippen LogP) is 2.65. The van der Waals surface area contributed by atoms with Crippen molar-refractivity contribution in [2.24, 2.45) is 5.73 Å². The molecule has 3 N–H and O–H groups in total. The Labute approximate surface area is 135 Å². The van der Waals surface area contributed by atoms with Crippen LogP contribution in [-0.4, -0.2) is 22.0 Å². The average Bonchev–Trinajstić information content (AvgIpc) is 3.01. The van der Waals surface area contributed by atoms with Crippen molar-refractivity contribution in [2.45, 2.75) is 39.2 Å². The van der Waals surface area contributed by atoms with E-state index in [1.54, 1.807) is 0 Å². The van der Waals surface area contributed by atoms with Gasteiger partial charge in [0.25, 0.3) is 5.91 Å². The Kier molecular flexibility index (Phi) is 5.63. The SMILES string of the molecule is CCc1nnsc1C(=O)NCC(N)c1ccc(C(C)C)cc1. The molecule has 2 aromatic rings. The lowest BCUT2D eigenvalue weighted by atomic mass is 9.99. The van der Waals surface area contributed by atoms with Crippen LogP contribution in [0.4, 0.5) is 0 Å². The number of aromatic nitrogens is 2. The van der Waals surface area contributed by atoms with Crippen LogP contribution >= 0.6 is 11.5 Å². The molecule has 0 fully saturated rings. The zero-order valence-electron chi connectivity index (χ0n) is 13.2. The van der Waals surface area contributed by atoms with Crippen molar-refractivity contribution in [2.75, 3.05) is 6.54 Å². The predicted molar refractivity (Wildman–Crippen MR) is 89.1 cm³/mol. The van der Waals surface area contributed by atoms with Crippen LogP contribution in [0.2, 0.25) is 0 Å². The Bertz CT molecular complexity index is 621. The van der Waals surface area contributed by atoms with Crippen molar-refractivity contribution in [3.05, 3.63) is 46.0 Å². The summed E-state index contributed by atoms with van der Waals surface area (Å²) in [5, 5.41) is 6.81. The summed E-state index contributed by atoms with van der Waals surface area (Å²) in [6.07, 6.45) is 0.696. The van der Waals surface area contributed by atoms with Gasteiger partial charge in [-0.3, -0.25) is 4.79 Å². The van der Waals surface area contributed by atoms with Gasteiger partial charge >= 0.3 is 0 Å². The minimum absolute atomic E-state index is 0.152. The second kappa shape index (κ2) is 7.47. The lowest BCUT2D eigenvalue weighted by Gasteiger charge is -2.14. The molecule has 1 unspecified atom stereocenters. The molecule has 1 aromatic heterocycles. The van der Waals surface area contributed by atoms with E-state index in [9.17, 15) is 4.79 Å². The number of aryl methyl sites for hydroxylation is 1. The smallest absolute Gasteiger partial charge is 0.265 e. The molecule has 2 rings (SSSR count). The fourth-order valence-corrected chi connectivity index (χ4v) is 2.81. The molecule has 0 aliphatic heterocycles. The number of carbonyl (C=O) groups excluding carboxylic acids is 1. The van der Waals surface area contributed by atoms with Gasteiger partial charge in [0.15, 0.2) is 0 Å². The van der Waals surface area contributed by atoms with E-state index in [0.717, 1.165) is 22.8 Å². The lowest BCUT2D eigenvalue weighted by Crippen LogP contribution is -2.32. The number of carbonyl (C=O) groups is 1. The minimum atomic E-state index is -0.226. The first-order chi connectivity index (χ1) is 10.5. The zero-order chi connectivity index (χ0) is 16.1. The first-order valence-corrected chi connectivity index (χ1v) is 8.25. The maximum absolute atomic E-state index is 12.1. The van der Waals surface area contributed by atoms with Crippen LogP contribution in [-0.2, 0) is 6.42 Å². The molecular weight excluding hydrogens is 296 g/mol. The van der Waals surface area contributed by atoms with Crippen LogP contribution in [0, 0.1) is 0 Å². The molecule has 0 saturated carbocycles. The Balaban J connectivity index is 1.94. The van der Waals surface area contributed by atoms with E-state index in [1.807, 2.05) is 19.1 Å². The summed E-state index contributed by atoms with van der Waals surface area (Å²) in [5.74, 6) is 0.345. The van der Waals surface area contributed by atoms with Gasteiger partial charge in [0.1, 0.15) is 4.88 Å². The van der Waals surface area contributed by atoms with Crippen molar-refractivity contribution >= 4 is 17.4 Å². The monoisotopic (exact) mass is 318 g/mol. The fraction of sp³-hybridized carbons (Fsp3) is 0.438. The number of hydrogen-bond acceptors (Lipinski definition) is 5. The number of nitrogens with one attached hydrogen (secondary N) is 1. The molecule has 1 amide bonds. The van der Waals surface area contributed by atoms with Crippen LogP contribution < -0.4 is 11.1 Å². The third kappa shape index (κ3) is 3.90. The Morgan fingerprint density at radius 3 is 2.50 bits per heavy atom. The molecule has 1 atom stereocenters. The van der Waals surface area contributed by atoms with E-state index < -0.39 is 0 Å². The molecular formula is C16H22N4OS. The molecule has 118 valence electrons. The number of hydrogen-bond donors (Lipinski definition) is 2. The van der Waals surface area contributed by atoms with Gasteiger partial charge in [0, 0.05) is 12.6 Å². The highest BCUT2D eigenvalue weighted by atomic mass is 32.1. The number of benzene rings is 1. The first kappa shape index (κ1) is 16.6. The molecule has 1 heterocycles. The maximum atomic E-state index is 12.1. The van der Waals surface area contributed by atoms with Crippen molar-refractivity contribution in [1.29, 1.82) is 0 Å². The summed E-state index contributed by atoms with van der Waals surface area (Å²) < 4.78 is 3.83. The van der Waals surface area contributed by atoms with E-state index in [1.165, 1.54) is 5.56 Å². The minimum Gasteiger partial charge on any atom is -0.349 e. The molecule has 0 aliphatic carbocycles. The van der Waals surface area contributed by atoms with Crippen molar-refractivity contribution in [3.8, 4) is 0 Å². The highest BCUT2D eigenvalue weighted by Gasteiger charge is 2.16. The molecule has 0 aliphatic rings. The van der Waals surface area contributed by atoms with Crippen molar-refractivity contribution in [1.82, 2.24) is 14.9 Å². The van der Waals surface area contributed by atoms with Gasteiger partial charge in [0.05, 0.1) is 5.69 Å². The van der Waals surface area contributed by atoms with Gasteiger partial charge in [-0.1, -0.05) is 49.5 Å². The van der Waals surface area contributed by atoms with E-state index in [2.05, 4.69) is 40.9 Å². The number of nitrogens with zero attached hydrogens (tertiary/aromatic N) is 2. The van der Waals surface area contributed by atoms with Crippen LogP contribution in [0.1, 0.15) is 59.2 Å². The Morgan fingerprint density at radius 2 is 1.91 bits per heavy atom. The first-order valence-electron chi connectivity index (χ1n) is 7.47. The van der Waals surface area contributed by atoms with Crippen molar-refractivity contribution in [3.63, 3.8) is 0 Å². The molecule has 0 spiro atoms. The van der Waals surface area contributed by atoms with E-state index in [-0.39, 0.29) is 11.9 Å². The zero-order valence-corrected chi connectivity index (χ0v) is 14.0. The molecule has 22 heavy (non-hydrogen) atoms. The summed E-state index contributed by atoms with van der Waals surface area (Å²) in [6.45, 7) is 6.66. The fourth-order valence-electron chi connectivity index (χ4n) is 2.14. The summed E-state index contributed by atoms with van der Waals surface area (Å²) in [6, 6.07) is 8.00. The van der Waals surface area contributed by atoms with Gasteiger partial charge < -0.3 is 11.1 Å². The largest absolute Gasteiger partial charge is 0.349 e. The Morgan fingerprint density at radius 1 is 1.27 bits per heavy atom. The standard InChI is InChI=1S/C16H22N4OS/c1-4-14-15(22-20-19-14)16(21)18-9-13(17)12-7-5-11(6-8-12)10(2)3/h5-8,10,13H,4,9,17H2,1-3H3,(H,18,21). The third-order valence-corrected chi connectivity index (χ3v) is 4.38. The lowest BCUT2D eigenvalue weighted by molar-refractivity contribution is 0.0954. The molecule has 0 saturated heterocycles. The molecule has 0 radical (unpaired) electrons. The molecule has 0 bridgehead atoms. The van der Waals surface area contributed by atoms with Gasteiger partial charge in [-0.15, -0.1) is 5.10 Å². The number of rotatable bonds is 6. The number of nitrogens with two attached hydrogens (primary N) is 1. The van der Waals surface area contributed by atoms with E-state index >= 15 is 0 Å². The molecule has 6 heteroatoms. The number of amides is 1.